The fourth-order valence-electron chi connectivity index (χ4n) is 2.32. The first-order chi connectivity index (χ1) is 11.2. The maximum Gasteiger partial charge on any atom is 0.329 e. The number of nitrogens with zero attached hydrogens (tertiary/aromatic N) is 1. The Hall–Kier alpha value is -2.69. The highest BCUT2D eigenvalue weighted by Crippen LogP contribution is 2.15. The molecule has 2 aromatic carbocycles. The maximum atomic E-state index is 13.5. The van der Waals surface area contributed by atoms with Crippen molar-refractivity contribution < 1.29 is 18.7 Å². The van der Waals surface area contributed by atoms with Gasteiger partial charge in [-0.3, -0.25) is 9.69 Å². The molecule has 0 spiro atoms. The van der Waals surface area contributed by atoms with Crippen molar-refractivity contribution in [3.8, 4) is 0 Å². The summed E-state index contributed by atoms with van der Waals surface area (Å²) >= 11 is 0. The van der Waals surface area contributed by atoms with Crippen LogP contribution in [0, 0.1) is 0 Å². The minimum absolute atomic E-state index is 0.190. The molecule has 0 unspecified atom stereocenters. The summed E-state index contributed by atoms with van der Waals surface area (Å²) in [7, 11) is 1.23. The van der Waals surface area contributed by atoms with Crippen molar-refractivity contribution in [2.75, 3.05) is 13.9 Å². The Kier molecular flexibility index (Phi) is 5.86. The number of carbonyl (C=O) groups excluding carboxylic acids is 2. The fourth-order valence-corrected chi connectivity index (χ4v) is 2.32. The van der Waals surface area contributed by atoms with Gasteiger partial charge in [0.15, 0.2) is 6.80 Å². The van der Waals surface area contributed by atoms with E-state index in [2.05, 4.69) is 0 Å². The number of carbonyl (C=O) groups is 2. The molecule has 0 aliphatic heterocycles. The van der Waals surface area contributed by atoms with Crippen LogP contribution >= 0.6 is 0 Å². The number of rotatable bonds is 6. The smallest absolute Gasteiger partial charge is 0.329 e. The first kappa shape index (κ1) is 16.7. The predicted molar refractivity (Wildman–Crippen MR) is 84.5 cm³/mol. The predicted octanol–water partition coefficient (Wildman–Crippen LogP) is 2.84. The van der Waals surface area contributed by atoms with E-state index in [1.807, 2.05) is 30.3 Å². The van der Waals surface area contributed by atoms with Gasteiger partial charge in [0.25, 0.3) is 5.91 Å². The molecule has 0 aliphatic carbocycles. The summed E-state index contributed by atoms with van der Waals surface area (Å²) in [6.45, 7) is -1.07. The third kappa shape index (κ3) is 4.16. The Morgan fingerprint density at radius 3 is 2.13 bits per heavy atom. The first-order valence-corrected chi connectivity index (χ1v) is 7.21. The molecule has 0 fully saturated rings. The van der Waals surface area contributed by atoms with Gasteiger partial charge < -0.3 is 4.74 Å². The summed E-state index contributed by atoms with van der Waals surface area (Å²) < 4.78 is 18.3. The van der Waals surface area contributed by atoms with Gasteiger partial charge >= 0.3 is 5.97 Å². The van der Waals surface area contributed by atoms with Crippen molar-refractivity contribution in [3.05, 3.63) is 71.8 Å². The van der Waals surface area contributed by atoms with Gasteiger partial charge in [-0.05, 0) is 17.7 Å². The van der Waals surface area contributed by atoms with Gasteiger partial charge in [-0.25, -0.2) is 9.18 Å². The van der Waals surface area contributed by atoms with Gasteiger partial charge in [0.1, 0.15) is 6.04 Å². The van der Waals surface area contributed by atoms with Gasteiger partial charge in [-0.2, -0.15) is 0 Å². The van der Waals surface area contributed by atoms with E-state index in [9.17, 15) is 14.0 Å². The van der Waals surface area contributed by atoms with Crippen LogP contribution in [0.4, 0.5) is 4.39 Å². The van der Waals surface area contributed by atoms with Crippen LogP contribution in [-0.4, -0.2) is 36.7 Å². The number of benzene rings is 2. The number of hydrogen-bond donors (Lipinski definition) is 0. The molecule has 4 nitrogen and oxygen atoms in total. The zero-order chi connectivity index (χ0) is 16.7. The lowest BCUT2D eigenvalue weighted by atomic mass is 10.0. The van der Waals surface area contributed by atoms with Crippen molar-refractivity contribution in [1.29, 1.82) is 0 Å². The Labute approximate surface area is 134 Å². The van der Waals surface area contributed by atoms with Crippen LogP contribution in [0.2, 0.25) is 0 Å². The van der Waals surface area contributed by atoms with E-state index in [0.717, 1.165) is 10.5 Å². The Bertz CT molecular complexity index is 646. The molecule has 0 saturated carbocycles. The van der Waals surface area contributed by atoms with E-state index < -0.39 is 24.7 Å². The van der Waals surface area contributed by atoms with Crippen LogP contribution in [0.5, 0.6) is 0 Å². The third-order valence-corrected chi connectivity index (χ3v) is 3.53. The van der Waals surface area contributed by atoms with Crippen molar-refractivity contribution in [1.82, 2.24) is 4.90 Å². The Morgan fingerprint density at radius 2 is 1.61 bits per heavy atom. The molecule has 120 valence electrons. The summed E-state index contributed by atoms with van der Waals surface area (Å²) in [5.41, 5.74) is 1.15. The lowest BCUT2D eigenvalue weighted by Gasteiger charge is -2.27. The van der Waals surface area contributed by atoms with Gasteiger partial charge in [-0.15, -0.1) is 0 Å². The second-order valence-corrected chi connectivity index (χ2v) is 4.99. The molecule has 1 amide bonds. The summed E-state index contributed by atoms with van der Waals surface area (Å²) in [5, 5.41) is 0. The van der Waals surface area contributed by atoms with E-state index in [-0.39, 0.29) is 6.42 Å². The molecule has 0 heterocycles. The summed E-state index contributed by atoms with van der Waals surface area (Å²) in [6.07, 6.45) is 0.190. The fraction of sp³-hybridized carbons (Fsp3) is 0.222. The van der Waals surface area contributed by atoms with Crippen molar-refractivity contribution >= 4 is 11.9 Å². The number of methoxy groups -OCH3 is 1. The first-order valence-electron chi connectivity index (χ1n) is 7.21. The van der Waals surface area contributed by atoms with E-state index >= 15 is 0 Å². The zero-order valence-electron chi connectivity index (χ0n) is 12.8. The highest BCUT2D eigenvalue weighted by atomic mass is 19.1. The van der Waals surface area contributed by atoms with Gasteiger partial charge in [0, 0.05) is 12.0 Å². The van der Waals surface area contributed by atoms with Gasteiger partial charge in [-0.1, -0.05) is 48.5 Å². The summed E-state index contributed by atoms with van der Waals surface area (Å²) in [5.74, 6) is -1.18. The SMILES string of the molecule is COC(=O)[C@H](Cc1ccccc1)N(CF)C(=O)c1ccccc1. The van der Waals surface area contributed by atoms with Crippen LogP contribution in [-0.2, 0) is 16.0 Å². The lowest BCUT2D eigenvalue weighted by molar-refractivity contribution is -0.146. The van der Waals surface area contributed by atoms with Crippen LogP contribution in [0.3, 0.4) is 0 Å². The minimum Gasteiger partial charge on any atom is -0.467 e. The molecular weight excluding hydrogens is 297 g/mol. The monoisotopic (exact) mass is 315 g/mol. The van der Waals surface area contributed by atoms with Crippen LogP contribution in [0.15, 0.2) is 60.7 Å². The van der Waals surface area contributed by atoms with Crippen molar-refractivity contribution in [2.45, 2.75) is 12.5 Å². The molecule has 0 N–H and O–H groups in total. The normalized spacial score (nSPS) is 11.6. The van der Waals surface area contributed by atoms with Gasteiger partial charge in [0.05, 0.1) is 7.11 Å². The Morgan fingerprint density at radius 1 is 1.04 bits per heavy atom. The molecule has 0 aromatic heterocycles. The second-order valence-electron chi connectivity index (χ2n) is 4.99. The number of hydrogen-bond acceptors (Lipinski definition) is 3. The third-order valence-electron chi connectivity index (χ3n) is 3.53. The van der Waals surface area contributed by atoms with Crippen LogP contribution in [0.25, 0.3) is 0 Å². The number of halogens is 1. The quantitative estimate of drug-likeness (QED) is 0.608. The lowest BCUT2D eigenvalue weighted by Crippen LogP contribution is -2.46. The molecule has 2 aromatic rings. The molecule has 2 rings (SSSR count). The van der Waals surface area contributed by atoms with Crippen LogP contribution in [0.1, 0.15) is 15.9 Å². The highest BCUT2D eigenvalue weighted by Gasteiger charge is 2.31. The largest absolute Gasteiger partial charge is 0.467 e. The zero-order valence-corrected chi connectivity index (χ0v) is 12.8. The summed E-state index contributed by atoms with van der Waals surface area (Å²) in [6, 6.07) is 16.4. The molecule has 5 heteroatoms. The Balaban J connectivity index is 2.28. The molecule has 1 atom stereocenters. The number of alkyl halides is 1. The van der Waals surface area contributed by atoms with E-state index in [0.29, 0.717) is 5.56 Å². The highest BCUT2D eigenvalue weighted by molar-refractivity contribution is 5.96. The topological polar surface area (TPSA) is 46.6 Å². The number of amides is 1. The standard InChI is InChI=1S/C18H18FNO3/c1-23-18(22)16(12-14-8-4-2-5-9-14)20(13-19)17(21)15-10-6-3-7-11-15/h2-11,16H,12-13H2,1H3/t16-/m0/s1. The molecule has 0 radical (unpaired) electrons. The van der Waals surface area contributed by atoms with E-state index in [4.69, 9.17) is 4.74 Å². The number of esters is 1. The minimum atomic E-state index is -1.07. The van der Waals surface area contributed by atoms with Gasteiger partial charge in [0.2, 0.25) is 0 Å². The van der Waals surface area contributed by atoms with E-state index in [1.165, 1.54) is 7.11 Å². The second kappa shape index (κ2) is 8.08. The molecule has 0 bridgehead atoms. The van der Waals surface area contributed by atoms with E-state index in [1.54, 1.807) is 30.3 Å². The molecule has 23 heavy (non-hydrogen) atoms. The average molecular weight is 315 g/mol. The molecule has 0 aliphatic rings. The molecule has 0 saturated heterocycles. The maximum absolute atomic E-state index is 13.5. The number of ether oxygens (including phenoxy) is 1. The average Bonchev–Trinajstić information content (AvgIpc) is 2.62. The van der Waals surface area contributed by atoms with Crippen molar-refractivity contribution in [2.24, 2.45) is 0 Å². The van der Waals surface area contributed by atoms with Crippen molar-refractivity contribution in [3.63, 3.8) is 0 Å². The molecular formula is C18H18FNO3. The summed E-state index contributed by atoms with van der Waals surface area (Å²) in [4.78, 5) is 25.5. The van der Waals surface area contributed by atoms with Crippen LogP contribution < -0.4 is 0 Å².